The number of aliphatic hydroxyl groups excluding tert-OH is 1. The van der Waals surface area contributed by atoms with Gasteiger partial charge in [-0.25, -0.2) is 0 Å². The molecule has 0 saturated carbocycles. The Morgan fingerprint density at radius 2 is 1.80 bits per heavy atom. The molecule has 0 aliphatic carbocycles. The monoisotopic (exact) mass is 276 g/mol. The van der Waals surface area contributed by atoms with E-state index < -0.39 is 5.54 Å². The van der Waals surface area contributed by atoms with E-state index in [9.17, 15) is 5.11 Å². The lowest BCUT2D eigenvalue weighted by Gasteiger charge is -2.41. The molecule has 1 saturated heterocycles. The van der Waals surface area contributed by atoms with Gasteiger partial charge in [-0.05, 0) is 38.7 Å². The SMILES string of the molecule is C[C@@H]1CCC[C@H](C)N1CCC(N)(CO)c1ccccc1. The van der Waals surface area contributed by atoms with Crippen molar-refractivity contribution in [3.63, 3.8) is 0 Å². The Bertz CT molecular complexity index is 399. The fourth-order valence-electron chi connectivity index (χ4n) is 3.33. The highest BCUT2D eigenvalue weighted by Crippen LogP contribution is 2.27. The number of nitrogens with two attached hydrogens (primary N) is 1. The topological polar surface area (TPSA) is 49.5 Å². The first-order valence-corrected chi connectivity index (χ1v) is 7.78. The average Bonchev–Trinajstić information content (AvgIpc) is 2.47. The van der Waals surface area contributed by atoms with Crippen LogP contribution in [-0.4, -0.2) is 35.2 Å². The van der Waals surface area contributed by atoms with Crippen LogP contribution in [0.5, 0.6) is 0 Å². The zero-order chi connectivity index (χ0) is 14.6. The minimum Gasteiger partial charge on any atom is -0.394 e. The molecule has 1 fully saturated rings. The highest BCUT2D eigenvalue weighted by Gasteiger charge is 2.30. The predicted octanol–water partition coefficient (Wildman–Crippen LogP) is 2.49. The maximum absolute atomic E-state index is 9.76. The molecule has 3 heteroatoms. The van der Waals surface area contributed by atoms with Gasteiger partial charge in [-0.3, -0.25) is 4.90 Å². The van der Waals surface area contributed by atoms with Crippen molar-refractivity contribution >= 4 is 0 Å². The molecule has 1 aromatic carbocycles. The van der Waals surface area contributed by atoms with Crippen LogP contribution in [0, 0.1) is 0 Å². The van der Waals surface area contributed by atoms with Crippen LogP contribution in [0.15, 0.2) is 30.3 Å². The Labute approximate surface area is 122 Å². The van der Waals surface area contributed by atoms with Crippen LogP contribution in [0.2, 0.25) is 0 Å². The van der Waals surface area contributed by atoms with Gasteiger partial charge in [0.2, 0.25) is 0 Å². The van der Waals surface area contributed by atoms with Crippen molar-refractivity contribution in [3.05, 3.63) is 35.9 Å². The summed E-state index contributed by atoms with van der Waals surface area (Å²) in [5.74, 6) is 0. The number of hydrogen-bond acceptors (Lipinski definition) is 3. The quantitative estimate of drug-likeness (QED) is 0.868. The summed E-state index contributed by atoms with van der Waals surface area (Å²) in [6, 6.07) is 11.2. The van der Waals surface area contributed by atoms with E-state index in [4.69, 9.17) is 5.73 Å². The second-order valence-electron chi connectivity index (χ2n) is 6.30. The number of benzene rings is 1. The number of aliphatic hydroxyl groups is 1. The fraction of sp³-hybridized carbons (Fsp3) is 0.647. The van der Waals surface area contributed by atoms with E-state index in [0.29, 0.717) is 12.1 Å². The molecular weight excluding hydrogens is 248 g/mol. The Balaban J connectivity index is 2.03. The predicted molar refractivity (Wildman–Crippen MR) is 83.5 cm³/mol. The lowest BCUT2D eigenvalue weighted by Crippen LogP contribution is -2.49. The summed E-state index contributed by atoms with van der Waals surface area (Å²) in [5, 5.41) is 9.76. The molecule has 3 N–H and O–H groups in total. The minimum absolute atomic E-state index is 0.00633. The van der Waals surface area contributed by atoms with Gasteiger partial charge in [-0.15, -0.1) is 0 Å². The van der Waals surface area contributed by atoms with Gasteiger partial charge in [-0.2, -0.15) is 0 Å². The number of nitrogens with zero attached hydrogens (tertiary/aromatic N) is 1. The fourth-order valence-corrected chi connectivity index (χ4v) is 3.33. The largest absolute Gasteiger partial charge is 0.394 e. The molecule has 3 atom stereocenters. The van der Waals surface area contributed by atoms with Gasteiger partial charge < -0.3 is 10.8 Å². The van der Waals surface area contributed by atoms with Gasteiger partial charge in [0, 0.05) is 18.6 Å². The molecule has 112 valence electrons. The number of hydrogen-bond donors (Lipinski definition) is 2. The van der Waals surface area contributed by atoms with E-state index in [0.717, 1.165) is 18.5 Å². The normalized spacial score (nSPS) is 27.2. The molecule has 2 rings (SSSR count). The molecule has 1 aromatic rings. The van der Waals surface area contributed by atoms with E-state index >= 15 is 0 Å². The Morgan fingerprint density at radius 1 is 1.20 bits per heavy atom. The van der Waals surface area contributed by atoms with Crippen LogP contribution in [0.1, 0.15) is 45.1 Å². The third kappa shape index (κ3) is 3.40. The second-order valence-corrected chi connectivity index (χ2v) is 6.30. The highest BCUT2D eigenvalue weighted by molar-refractivity contribution is 5.24. The molecule has 0 aromatic heterocycles. The molecule has 1 aliphatic heterocycles. The van der Waals surface area contributed by atoms with Crippen molar-refractivity contribution in [2.24, 2.45) is 5.73 Å². The number of rotatable bonds is 5. The molecule has 0 spiro atoms. The molecule has 20 heavy (non-hydrogen) atoms. The number of likely N-dealkylation sites (tertiary alicyclic amines) is 1. The van der Waals surface area contributed by atoms with Crippen LogP contribution in [0.25, 0.3) is 0 Å². The first-order chi connectivity index (χ1) is 9.57. The smallest absolute Gasteiger partial charge is 0.0656 e. The van der Waals surface area contributed by atoms with Crippen LogP contribution in [0.4, 0.5) is 0 Å². The zero-order valence-corrected chi connectivity index (χ0v) is 12.8. The van der Waals surface area contributed by atoms with Crippen molar-refractivity contribution in [2.45, 2.75) is 57.2 Å². The van der Waals surface area contributed by atoms with Crippen LogP contribution in [0.3, 0.4) is 0 Å². The summed E-state index contributed by atoms with van der Waals surface area (Å²) >= 11 is 0. The van der Waals surface area contributed by atoms with Crippen molar-refractivity contribution in [2.75, 3.05) is 13.2 Å². The van der Waals surface area contributed by atoms with Gasteiger partial charge in [0.15, 0.2) is 0 Å². The molecule has 0 bridgehead atoms. The third-order valence-electron chi connectivity index (χ3n) is 4.82. The summed E-state index contributed by atoms with van der Waals surface area (Å²) in [7, 11) is 0. The van der Waals surface area contributed by atoms with E-state index in [1.165, 1.54) is 19.3 Å². The third-order valence-corrected chi connectivity index (χ3v) is 4.82. The van der Waals surface area contributed by atoms with Crippen LogP contribution < -0.4 is 5.73 Å². The lowest BCUT2D eigenvalue weighted by atomic mass is 9.87. The first kappa shape index (κ1) is 15.5. The summed E-state index contributed by atoms with van der Waals surface area (Å²) < 4.78 is 0. The molecular formula is C17H28N2O. The highest BCUT2D eigenvalue weighted by atomic mass is 16.3. The zero-order valence-electron chi connectivity index (χ0n) is 12.8. The molecule has 1 aliphatic rings. The first-order valence-electron chi connectivity index (χ1n) is 7.78. The van der Waals surface area contributed by atoms with E-state index in [1.807, 2.05) is 30.3 Å². The van der Waals surface area contributed by atoms with Crippen LogP contribution >= 0.6 is 0 Å². The van der Waals surface area contributed by atoms with Crippen LogP contribution in [-0.2, 0) is 5.54 Å². The van der Waals surface area contributed by atoms with E-state index in [-0.39, 0.29) is 6.61 Å². The molecule has 3 nitrogen and oxygen atoms in total. The molecule has 0 radical (unpaired) electrons. The van der Waals surface area contributed by atoms with Gasteiger partial charge in [-0.1, -0.05) is 36.8 Å². The Hall–Kier alpha value is -0.900. The van der Waals surface area contributed by atoms with Gasteiger partial charge in [0.05, 0.1) is 12.1 Å². The summed E-state index contributed by atoms with van der Waals surface area (Å²) in [6.07, 6.45) is 4.66. The van der Waals surface area contributed by atoms with Crippen molar-refractivity contribution in [1.82, 2.24) is 4.90 Å². The standard InChI is InChI=1S/C17H28N2O/c1-14-7-6-8-15(2)19(14)12-11-17(18,13-20)16-9-4-3-5-10-16/h3-5,9-10,14-15,20H,6-8,11-13,18H2,1-2H3/t14-,15+,17?. The van der Waals surface area contributed by atoms with Crippen molar-refractivity contribution in [3.8, 4) is 0 Å². The van der Waals surface area contributed by atoms with Crippen molar-refractivity contribution in [1.29, 1.82) is 0 Å². The van der Waals surface area contributed by atoms with Gasteiger partial charge in [0.1, 0.15) is 0 Å². The average molecular weight is 276 g/mol. The summed E-state index contributed by atoms with van der Waals surface area (Å²) in [6.45, 7) is 5.55. The summed E-state index contributed by atoms with van der Waals surface area (Å²) in [4.78, 5) is 2.55. The lowest BCUT2D eigenvalue weighted by molar-refractivity contribution is 0.0825. The summed E-state index contributed by atoms with van der Waals surface area (Å²) in [5.41, 5.74) is 6.85. The Kier molecular flexibility index (Phi) is 5.19. The maximum Gasteiger partial charge on any atom is 0.0656 e. The van der Waals surface area contributed by atoms with Gasteiger partial charge in [0.25, 0.3) is 0 Å². The molecule has 1 heterocycles. The van der Waals surface area contributed by atoms with Crippen molar-refractivity contribution < 1.29 is 5.11 Å². The molecule has 0 amide bonds. The Morgan fingerprint density at radius 3 is 2.35 bits per heavy atom. The van der Waals surface area contributed by atoms with E-state index in [1.54, 1.807) is 0 Å². The second kappa shape index (κ2) is 6.70. The van der Waals surface area contributed by atoms with Gasteiger partial charge >= 0.3 is 0 Å². The maximum atomic E-state index is 9.76. The number of piperidine rings is 1. The van der Waals surface area contributed by atoms with E-state index in [2.05, 4.69) is 18.7 Å². The minimum atomic E-state index is -0.627. The molecule has 1 unspecified atom stereocenters.